The topological polar surface area (TPSA) is 65.0 Å². The molecule has 0 aliphatic carbocycles. The minimum atomic E-state index is -0.285. The summed E-state index contributed by atoms with van der Waals surface area (Å²) in [6.07, 6.45) is 0.255. The number of fused-ring (bicyclic) bond motifs is 1. The molecule has 0 N–H and O–H groups in total. The number of benzene rings is 2. The number of hydrogen-bond donors (Lipinski definition) is 0. The van der Waals surface area contributed by atoms with Crippen molar-refractivity contribution < 1.29 is 13.3 Å². The van der Waals surface area contributed by atoms with Crippen LogP contribution in [0.2, 0.25) is 0 Å². The molecule has 0 amide bonds. The van der Waals surface area contributed by atoms with E-state index in [1.54, 1.807) is 25.1 Å². The van der Waals surface area contributed by atoms with Crippen LogP contribution in [0.3, 0.4) is 0 Å². The summed E-state index contributed by atoms with van der Waals surface area (Å²) in [6, 6.07) is 12.0. The summed E-state index contributed by atoms with van der Waals surface area (Å²) in [4.78, 5) is 8.61. The molecule has 0 atom stereocenters. The summed E-state index contributed by atoms with van der Waals surface area (Å²) in [6.45, 7) is 1.79. The summed E-state index contributed by atoms with van der Waals surface area (Å²) < 4.78 is 24.3. The largest absolute Gasteiger partial charge is 0.441 e. The molecule has 5 nitrogen and oxygen atoms in total. The molecular weight excluding hydrogens is 297 g/mol. The lowest BCUT2D eigenvalue weighted by Gasteiger charge is -1.97. The summed E-state index contributed by atoms with van der Waals surface area (Å²) >= 11 is 0. The van der Waals surface area contributed by atoms with Gasteiger partial charge in [-0.1, -0.05) is 23.4 Å². The fourth-order valence-electron chi connectivity index (χ4n) is 2.43. The van der Waals surface area contributed by atoms with Crippen molar-refractivity contribution in [1.82, 2.24) is 15.1 Å². The third-order valence-corrected chi connectivity index (χ3v) is 3.52. The molecule has 6 heteroatoms. The average molecular weight is 309 g/mol. The molecular formula is C17H12FN3O2. The lowest BCUT2D eigenvalue weighted by atomic mass is 10.1. The first-order chi connectivity index (χ1) is 11.2. The molecule has 0 radical (unpaired) electrons. The van der Waals surface area contributed by atoms with Crippen LogP contribution in [0.15, 0.2) is 51.4 Å². The Morgan fingerprint density at radius 1 is 1.09 bits per heavy atom. The molecule has 0 fully saturated rings. The standard InChI is InChI=1S/C17H12FN3O2/c1-10-19-14-8-12(6-7-15(14)22-10)17-20-16(23-21-17)9-11-4-2-3-5-13(11)18/h2-8H,9H2,1H3. The van der Waals surface area contributed by atoms with E-state index in [-0.39, 0.29) is 12.2 Å². The lowest BCUT2D eigenvalue weighted by Crippen LogP contribution is -1.92. The molecule has 0 aliphatic rings. The minimum Gasteiger partial charge on any atom is -0.441 e. The van der Waals surface area contributed by atoms with Gasteiger partial charge in [-0.2, -0.15) is 4.98 Å². The van der Waals surface area contributed by atoms with Crippen molar-refractivity contribution >= 4 is 11.1 Å². The van der Waals surface area contributed by atoms with Crippen LogP contribution >= 0.6 is 0 Å². The van der Waals surface area contributed by atoms with E-state index in [1.165, 1.54) is 6.07 Å². The van der Waals surface area contributed by atoms with Gasteiger partial charge in [-0.05, 0) is 29.8 Å². The van der Waals surface area contributed by atoms with Gasteiger partial charge in [0.05, 0.1) is 6.42 Å². The van der Waals surface area contributed by atoms with Crippen LogP contribution in [0.4, 0.5) is 4.39 Å². The van der Waals surface area contributed by atoms with Crippen molar-refractivity contribution in [3.63, 3.8) is 0 Å². The van der Waals surface area contributed by atoms with Gasteiger partial charge in [0.15, 0.2) is 11.5 Å². The Kier molecular flexibility index (Phi) is 3.15. The molecule has 0 unspecified atom stereocenters. The highest BCUT2D eigenvalue weighted by Crippen LogP contribution is 2.23. The van der Waals surface area contributed by atoms with Crippen LogP contribution in [0.25, 0.3) is 22.5 Å². The lowest BCUT2D eigenvalue weighted by molar-refractivity contribution is 0.384. The van der Waals surface area contributed by atoms with E-state index in [2.05, 4.69) is 15.1 Å². The van der Waals surface area contributed by atoms with Crippen molar-refractivity contribution in [2.75, 3.05) is 0 Å². The first kappa shape index (κ1) is 13.6. The van der Waals surface area contributed by atoms with E-state index in [0.29, 0.717) is 28.8 Å². The van der Waals surface area contributed by atoms with Crippen molar-refractivity contribution in [3.05, 3.63) is 65.6 Å². The van der Waals surface area contributed by atoms with E-state index in [1.807, 2.05) is 18.2 Å². The summed E-state index contributed by atoms with van der Waals surface area (Å²) in [5.74, 6) is 1.12. The zero-order valence-electron chi connectivity index (χ0n) is 12.3. The van der Waals surface area contributed by atoms with Crippen LogP contribution in [0.5, 0.6) is 0 Å². The number of halogens is 1. The quantitative estimate of drug-likeness (QED) is 0.574. The van der Waals surface area contributed by atoms with Gasteiger partial charge in [-0.3, -0.25) is 0 Å². The zero-order chi connectivity index (χ0) is 15.8. The molecule has 2 aromatic carbocycles. The van der Waals surface area contributed by atoms with Crippen LogP contribution in [-0.4, -0.2) is 15.1 Å². The Hall–Kier alpha value is -3.02. The SMILES string of the molecule is Cc1nc2cc(-c3noc(Cc4ccccc4F)n3)ccc2o1. The molecule has 4 aromatic rings. The van der Waals surface area contributed by atoms with Crippen LogP contribution in [0.1, 0.15) is 17.3 Å². The van der Waals surface area contributed by atoms with Gasteiger partial charge >= 0.3 is 0 Å². The minimum absolute atomic E-state index is 0.255. The van der Waals surface area contributed by atoms with E-state index < -0.39 is 0 Å². The number of oxazole rings is 1. The van der Waals surface area contributed by atoms with Gasteiger partial charge < -0.3 is 8.94 Å². The maximum atomic E-state index is 13.7. The van der Waals surface area contributed by atoms with Crippen LogP contribution in [-0.2, 0) is 6.42 Å². The molecule has 4 rings (SSSR count). The molecule has 0 aliphatic heterocycles. The highest BCUT2D eigenvalue weighted by atomic mass is 19.1. The van der Waals surface area contributed by atoms with Crippen molar-refractivity contribution in [2.45, 2.75) is 13.3 Å². The molecule has 114 valence electrons. The Bertz CT molecular complexity index is 990. The Morgan fingerprint density at radius 3 is 2.83 bits per heavy atom. The van der Waals surface area contributed by atoms with Gasteiger partial charge in [0, 0.05) is 12.5 Å². The highest BCUT2D eigenvalue weighted by Gasteiger charge is 2.13. The predicted molar refractivity (Wildman–Crippen MR) is 81.2 cm³/mol. The van der Waals surface area contributed by atoms with Crippen molar-refractivity contribution in [3.8, 4) is 11.4 Å². The number of aryl methyl sites for hydroxylation is 1. The average Bonchev–Trinajstić information content (AvgIpc) is 3.14. The normalized spacial score (nSPS) is 11.2. The second kappa shape index (κ2) is 5.31. The highest BCUT2D eigenvalue weighted by molar-refractivity contribution is 5.78. The fraction of sp³-hybridized carbons (Fsp3) is 0.118. The molecule has 0 saturated carbocycles. The number of aromatic nitrogens is 3. The molecule has 2 aromatic heterocycles. The van der Waals surface area contributed by atoms with Gasteiger partial charge in [0.25, 0.3) is 0 Å². The Morgan fingerprint density at radius 2 is 1.96 bits per heavy atom. The first-order valence-corrected chi connectivity index (χ1v) is 7.12. The summed E-state index contributed by atoms with van der Waals surface area (Å²) in [5.41, 5.74) is 2.74. The maximum Gasteiger partial charge on any atom is 0.231 e. The van der Waals surface area contributed by atoms with Crippen LogP contribution < -0.4 is 0 Å². The molecule has 0 spiro atoms. The predicted octanol–water partition coefficient (Wildman–Crippen LogP) is 3.92. The fourth-order valence-corrected chi connectivity index (χ4v) is 2.43. The van der Waals surface area contributed by atoms with Crippen molar-refractivity contribution in [2.24, 2.45) is 0 Å². The molecule has 0 bridgehead atoms. The maximum absolute atomic E-state index is 13.7. The Balaban J connectivity index is 1.65. The summed E-state index contributed by atoms with van der Waals surface area (Å²) in [7, 11) is 0. The van der Waals surface area contributed by atoms with E-state index in [0.717, 1.165) is 11.1 Å². The third-order valence-electron chi connectivity index (χ3n) is 3.52. The van der Waals surface area contributed by atoms with E-state index in [4.69, 9.17) is 8.94 Å². The summed E-state index contributed by atoms with van der Waals surface area (Å²) in [5, 5.41) is 3.96. The van der Waals surface area contributed by atoms with Crippen molar-refractivity contribution in [1.29, 1.82) is 0 Å². The van der Waals surface area contributed by atoms with E-state index in [9.17, 15) is 4.39 Å². The van der Waals surface area contributed by atoms with Crippen LogP contribution in [0, 0.1) is 12.7 Å². The van der Waals surface area contributed by atoms with E-state index >= 15 is 0 Å². The second-order valence-electron chi connectivity index (χ2n) is 5.20. The second-order valence-corrected chi connectivity index (χ2v) is 5.20. The smallest absolute Gasteiger partial charge is 0.231 e. The first-order valence-electron chi connectivity index (χ1n) is 7.12. The molecule has 23 heavy (non-hydrogen) atoms. The molecule has 2 heterocycles. The van der Waals surface area contributed by atoms with Gasteiger partial charge in [0.2, 0.25) is 11.7 Å². The zero-order valence-corrected chi connectivity index (χ0v) is 12.3. The number of hydrogen-bond acceptors (Lipinski definition) is 5. The Labute approximate surface area is 130 Å². The van der Waals surface area contributed by atoms with Gasteiger partial charge in [0.1, 0.15) is 11.3 Å². The number of rotatable bonds is 3. The molecule has 0 saturated heterocycles. The third kappa shape index (κ3) is 2.59. The number of nitrogens with zero attached hydrogens (tertiary/aromatic N) is 3. The van der Waals surface area contributed by atoms with Gasteiger partial charge in [-0.25, -0.2) is 9.37 Å². The monoisotopic (exact) mass is 309 g/mol. The van der Waals surface area contributed by atoms with Gasteiger partial charge in [-0.15, -0.1) is 0 Å².